The second-order valence-corrected chi connectivity index (χ2v) is 9.70. The van der Waals surface area contributed by atoms with Crippen LogP contribution in [0.1, 0.15) is 17.0 Å². The highest BCUT2D eigenvalue weighted by molar-refractivity contribution is 8.15. The third-order valence-corrected chi connectivity index (χ3v) is 7.36. The monoisotopic (exact) mass is 482 g/mol. The van der Waals surface area contributed by atoms with Gasteiger partial charge in [0.15, 0.2) is 0 Å². The Hall–Kier alpha value is -3.17. The molecular weight excluding hydrogens is 463 g/mol. The molecule has 0 aliphatic carbocycles. The van der Waals surface area contributed by atoms with E-state index >= 15 is 0 Å². The first kappa shape index (κ1) is 21.7. The van der Waals surface area contributed by atoms with E-state index in [-0.39, 0.29) is 17.0 Å². The van der Waals surface area contributed by atoms with Crippen LogP contribution in [-0.2, 0) is 17.6 Å². The van der Waals surface area contributed by atoms with Gasteiger partial charge in [-0.15, -0.1) is 11.3 Å². The molecule has 168 valence electrons. The van der Waals surface area contributed by atoms with Gasteiger partial charge >= 0.3 is 0 Å². The van der Waals surface area contributed by atoms with E-state index in [9.17, 15) is 14.0 Å². The minimum absolute atomic E-state index is 0.240. The first-order valence-electron chi connectivity index (χ1n) is 10.3. The van der Waals surface area contributed by atoms with E-state index in [1.54, 1.807) is 23.5 Å². The van der Waals surface area contributed by atoms with Gasteiger partial charge in [0.05, 0.1) is 17.6 Å². The van der Waals surface area contributed by atoms with Gasteiger partial charge in [0, 0.05) is 22.1 Å². The quantitative estimate of drug-likeness (QED) is 0.374. The lowest BCUT2D eigenvalue weighted by Crippen LogP contribution is -2.25. The van der Waals surface area contributed by atoms with Crippen LogP contribution in [0.5, 0.6) is 5.75 Å². The number of ether oxygens (including phenoxy) is 1. The number of thiophene rings is 1. The molecule has 1 N–H and O–H groups in total. The number of hydrogen-bond acceptors (Lipinski definition) is 7. The van der Waals surface area contributed by atoms with Crippen LogP contribution in [0.2, 0.25) is 0 Å². The summed E-state index contributed by atoms with van der Waals surface area (Å²) in [6, 6.07) is 12.0. The molecule has 1 aliphatic heterocycles. The van der Waals surface area contributed by atoms with Crippen molar-refractivity contribution in [2.75, 3.05) is 6.61 Å². The molecule has 0 radical (unpaired) electrons. The Morgan fingerprint density at radius 2 is 2.09 bits per heavy atom. The van der Waals surface area contributed by atoms with Crippen LogP contribution in [0, 0.1) is 12.7 Å². The topological polar surface area (TPSA) is 81.4 Å². The summed E-state index contributed by atoms with van der Waals surface area (Å²) in [7, 11) is 0. The van der Waals surface area contributed by atoms with Crippen LogP contribution in [-0.4, -0.2) is 28.0 Å². The standard InChI is InChI=1S/C24H19FN2O4S2/c1-13-18(26-23(31-13)15-3-2-4-16(25)11-15)7-9-30-19-6-5-14(21-17(19)8-10-32-21)12-20-22(28)27-24(29)33-20/h2-6,8,10-11,20H,7,9,12H2,1H3,(H,27,28,29). The van der Waals surface area contributed by atoms with E-state index < -0.39 is 5.25 Å². The highest BCUT2D eigenvalue weighted by Crippen LogP contribution is 2.35. The number of nitrogens with zero attached hydrogens (tertiary/aromatic N) is 1. The lowest BCUT2D eigenvalue weighted by molar-refractivity contribution is -0.118. The van der Waals surface area contributed by atoms with Crippen molar-refractivity contribution < 1.29 is 23.1 Å². The summed E-state index contributed by atoms with van der Waals surface area (Å²) in [5.74, 6) is 1.24. The number of thioether (sulfide) groups is 1. The smallest absolute Gasteiger partial charge is 0.286 e. The molecule has 1 aliphatic rings. The van der Waals surface area contributed by atoms with Crippen molar-refractivity contribution in [1.29, 1.82) is 0 Å². The molecule has 0 bridgehead atoms. The molecule has 2 aromatic carbocycles. The number of aromatic nitrogens is 1. The van der Waals surface area contributed by atoms with Crippen LogP contribution in [0.4, 0.5) is 9.18 Å². The third kappa shape index (κ3) is 4.51. The number of fused-ring (bicyclic) bond motifs is 1. The van der Waals surface area contributed by atoms with Gasteiger partial charge in [-0.25, -0.2) is 9.37 Å². The molecule has 0 saturated carbocycles. The second kappa shape index (κ2) is 8.99. The number of rotatable bonds is 7. The van der Waals surface area contributed by atoms with E-state index in [0.29, 0.717) is 36.7 Å². The first-order valence-corrected chi connectivity index (χ1v) is 12.1. The van der Waals surface area contributed by atoms with E-state index in [1.807, 2.05) is 30.5 Å². The molecule has 0 spiro atoms. The molecule has 6 nitrogen and oxygen atoms in total. The number of carbonyl (C=O) groups excluding carboxylic acids is 2. The van der Waals surface area contributed by atoms with Crippen molar-refractivity contribution in [2.45, 2.75) is 25.0 Å². The summed E-state index contributed by atoms with van der Waals surface area (Å²) in [6.07, 6.45) is 1.03. The van der Waals surface area contributed by atoms with Crippen molar-refractivity contribution in [3.63, 3.8) is 0 Å². The molecule has 3 heterocycles. The SMILES string of the molecule is Cc1oc(-c2cccc(F)c2)nc1CCOc1ccc(CC2SC(=O)NC2=O)c2sccc12. The molecule has 1 unspecified atom stereocenters. The maximum atomic E-state index is 13.5. The predicted octanol–water partition coefficient (Wildman–Crippen LogP) is 5.52. The minimum atomic E-state index is -0.406. The number of aryl methyl sites for hydroxylation is 1. The van der Waals surface area contributed by atoms with E-state index in [2.05, 4.69) is 10.3 Å². The number of hydrogen-bond donors (Lipinski definition) is 1. The Morgan fingerprint density at radius 3 is 2.88 bits per heavy atom. The number of carbonyl (C=O) groups is 2. The van der Waals surface area contributed by atoms with Gasteiger partial charge in [-0.05, 0) is 54.6 Å². The molecule has 2 aromatic heterocycles. The lowest BCUT2D eigenvalue weighted by Gasteiger charge is -2.11. The van der Waals surface area contributed by atoms with Gasteiger partial charge in [0.25, 0.3) is 5.24 Å². The minimum Gasteiger partial charge on any atom is -0.493 e. The van der Waals surface area contributed by atoms with Crippen molar-refractivity contribution in [3.8, 4) is 17.2 Å². The summed E-state index contributed by atoms with van der Waals surface area (Å²) in [5.41, 5.74) is 2.37. The number of oxazole rings is 1. The zero-order valence-corrected chi connectivity index (χ0v) is 19.2. The highest BCUT2D eigenvalue weighted by atomic mass is 32.2. The number of benzene rings is 2. The summed E-state index contributed by atoms with van der Waals surface area (Å²) in [5, 5.41) is 4.60. The zero-order chi connectivity index (χ0) is 22.9. The molecule has 5 rings (SSSR count). The maximum Gasteiger partial charge on any atom is 0.286 e. The Labute approximate surface area is 197 Å². The van der Waals surface area contributed by atoms with Crippen LogP contribution >= 0.6 is 23.1 Å². The fourth-order valence-electron chi connectivity index (χ4n) is 3.77. The van der Waals surface area contributed by atoms with Crippen LogP contribution in [0.15, 0.2) is 52.3 Å². The average molecular weight is 483 g/mol. The predicted molar refractivity (Wildman–Crippen MR) is 126 cm³/mol. The van der Waals surface area contributed by atoms with Crippen molar-refractivity contribution >= 4 is 44.3 Å². The van der Waals surface area contributed by atoms with Crippen molar-refractivity contribution in [1.82, 2.24) is 10.3 Å². The molecule has 9 heteroatoms. The highest BCUT2D eigenvalue weighted by Gasteiger charge is 2.32. The van der Waals surface area contributed by atoms with Gasteiger partial charge in [0.1, 0.15) is 17.3 Å². The number of halogens is 1. The second-order valence-electron chi connectivity index (χ2n) is 7.60. The summed E-state index contributed by atoms with van der Waals surface area (Å²) >= 11 is 2.62. The first-order chi connectivity index (χ1) is 16.0. The van der Waals surface area contributed by atoms with Gasteiger partial charge in [-0.2, -0.15) is 0 Å². The third-order valence-electron chi connectivity index (χ3n) is 5.39. The summed E-state index contributed by atoms with van der Waals surface area (Å²) in [6.45, 7) is 2.23. The number of amides is 2. The zero-order valence-electron chi connectivity index (χ0n) is 17.6. The lowest BCUT2D eigenvalue weighted by atomic mass is 10.1. The van der Waals surface area contributed by atoms with Crippen LogP contribution < -0.4 is 10.1 Å². The molecule has 2 amide bonds. The molecule has 1 fully saturated rings. The van der Waals surface area contributed by atoms with Crippen LogP contribution in [0.25, 0.3) is 21.5 Å². The Kier molecular flexibility index (Phi) is 5.90. The summed E-state index contributed by atoms with van der Waals surface area (Å²) < 4.78 is 26.3. The normalized spacial score (nSPS) is 15.9. The molecule has 33 heavy (non-hydrogen) atoms. The van der Waals surface area contributed by atoms with Crippen molar-refractivity contribution in [2.24, 2.45) is 0 Å². The summed E-state index contributed by atoms with van der Waals surface area (Å²) in [4.78, 5) is 27.9. The fraction of sp³-hybridized carbons (Fsp3) is 0.208. The van der Waals surface area contributed by atoms with E-state index in [0.717, 1.165) is 38.9 Å². The van der Waals surface area contributed by atoms with E-state index in [1.165, 1.54) is 12.1 Å². The van der Waals surface area contributed by atoms with Gasteiger partial charge in [-0.1, -0.05) is 23.9 Å². The largest absolute Gasteiger partial charge is 0.493 e. The Morgan fingerprint density at radius 1 is 1.21 bits per heavy atom. The average Bonchev–Trinajstić information content (AvgIpc) is 3.49. The molecule has 1 atom stereocenters. The van der Waals surface area contributed by atoms with E-state index in [4.69, 9.17) is 9.15 Å². The van der Waals surface area contributed by atoms with Crippen molar-refractivity contribution in [3.05, 3.63) is 70.7 Å². The maximum absolute atomic E-state index is 13.5. The molecule has 1 saturated heterocycles. The van der Waals surface area contributed by atoms with Crippen LogP contribution in [0.3, 0.4) is 0 Å². The molecular formula is C24H19FN2O4S2. The van der Waals surface area contributed by atoms with Gasteiger partial charge in [0.2, 0.25) is 11.8 Å². The van der Waals surface area contributed by atoms with Gasteiger partial charge in [-0.3, -0.25) is 14.9 Å². The van der Waals surface area contributed by atoms with Gasteiger partial charge < -0.3 is 9.15 Å². The number of imide groups is 1. The Bertz CT molecular complexity index is 1360. The Balaban J connectivity index is 1.28. The number of nitrogens with one attached hydrogen (secondary N) is 1. The molecule has 4 aromatic rings. The fourth-order valence-corrected chi connectivity index (χ4v) is 5.56.